The molecule has 0 aliphatic carbocycles. The van der Waals surface area contributed by atoms with Crippen molar-refractivity contribution >= 4 is 28.6 Å². The number of fused-ring (bicyclic) bond motifs is 1. The van der Waals surface area contributed by atoms with Crippen molar-refractivity contribution in [2.45, 2.75) is 39.1 Å². The van der Waals surface area contributed by atoms with Gasteiger partial charge in [-0.25, -0.2) is 4.39 Å². The maximum Gasteiger partial charge on any atom is 0.260 e. The van der Waals surface area contributed by atoms with E-state index in [0.29, 0.717) is 22.6 Å². The molecule has 7 nitrogen and oxygen atoms in total. The standard InChI is InChI=1S/C25H23FN2O5.CH4/c1-25(2)17(10-21(33-25)22-16-9-15(26)7-8-18(16)27-23(22)31)13-3-5-14(6-4-13)24(32)28-11-19(29)20(30)12-28;/h3-10,19-20,29-30H,11-12H2,1-2H3,(H,27,31);1H4/b22-21+;/t19-,20-;/m0./s1. The highest BCUT2D eigenvalue weighted by molar-refractivity contribution is 6.32. The van der Waals surface area contributed by atoms with Crippen molar-refractivity contribution in [2.75, 3.05) is 18.4 Å². The second-order valence-electron chi connectivity index (χ2n) is 8.98. The molecule has 1 fully saturated rings. The molecule has 8 heteroatoms. The minimum atomic E-state index is -0.937. The van der Waals surface area contributed by atoms with Gasteiger partial charge in [0, 0.05) is 35.5 Å². The van der Waals surface area contributed by atoms with Crippen LogP contribution in [0.15, 0.2) is 54.3 Å². The zero-order valence-corrected chi connectivity index (χ0v) is 18.1. The average molecular weight is 467 g/mol. The first-order valence-electron chi connectivity index (χ1n) is 10.7. The van der Waals surface area contributed by atoms with Crippen molar-refractivity contribution in [2.24, 2.45) is 0 Å². The average Bonchev–Trinajstić information content (AvgIpc) is 3.39. The monoisotopic (exact) mass is 466 g/mol. The fourth-order valence-electron chi connectivity index (χ4n) is 4.51. The number of benzene rings is 2. The van der Waals surface area contributed by atoms with E-state index < -0.39 is 23.6 Å². The molecule has 0 saturated carbocycles. The number of aliphatic hydroxyl groups is 2. The summed E-state index contributed by atoms with van der Waals surface area (Å²) in [5.41, 5.74) is 2.58. The summed E-state index contributed by atoms with van der Waals surface area (Å²) >= 11 is 0. The lowest BCUT2D eigenvalue weighted by Gasteiger charge is -2.23. The maximum atomic E-state index is 13.8. The molecule has 2 aromatic rings. The van der Waals surface area contributed by atoms with Crippen LogP contribution >= 0.6 is 0 Å². The zero-order valence-electron chi connectivity index (χ0n) is 18.1. The third kappa shape index (κ3) is 3.89. The molecule has 178 valence electrons. The number of β-amino-alcohol motifs (C(OH)–C–C–N with tert-alkyl or cyclic N) is 2. The molecule has 3 aliphatic rings. The molecule has 0 radical (unpaired) electrons. The van der Waals surface area contributed by atoms with E-state index in [0.717, 1.165) is 11.1 Å². The van der Waals surface area contributed by atoms with Gasteiger partial charge in [-0.2, -0.15) is 0 Å². The van der Waals surface area contributed by atoms with E-state index >= 15 is 0 Å². The molecule has 1 saturated heterocycles. The highest BCUT2D eigenvalue weighted by Gasteiger charge is 2.38. The van der Waals surface area contributed by atoms with Crippen LogP contribution in [0.2, 0.25) is 0 Å². The Morgan fingerprint density at radius 3 is 2.41 bits per heavy atom. The van der Waals surface area contributed by atoms with Crippen LogP contribution < -0.4 is 5.32 Å². The number of hydrogen-bond acceptors (Lipinski definition) is 5. The lowest BCUT2D eigenvalue weighted by atomic mass is 9.91. The molecule has 0 aromatic heterocycles. The molecule has 3 aliphatic heterocycles. The fourth-order valence-corrected chi connectivity index (χ4v) is 4.51. The lowest BCUT2D eigenvalue weighted by molar-refractivity contribution is -0.111. The van der Waals surface area contributed by atoms with E-state index in [-0.39, 0.29) is 37.9 Å². The molecule has 2 aromatic carbocycles. The Kier molecular flexibility index (Phi) is 5.83. The van der Waals surface area contributed by atoms with E-state index in [1.54, 1.807) is 30.3 Å². The number of ether oxygens (including phenoxy) is 1. The first-order valence-corrected chi connectivity index (χ1v) is 10.7. The summed E-state index contributed by atoms with van der Waals surface area (Å²) in [4.78, 5) is 26.7. The predicted octanol–water partition coefficient (Wildman–Crippen LogP) is 3.20. The Morgan fingerprint density at radius 1 is 1.12 bits per heavy atom. The van der Waals surface area contributed by atoms with Gasteiger partial charge in [0.15, 0.2) is 0 Å². The Morgan fingerprint density at radius 2 is 1.76 bits per heavy atom. The topological polar surface area (TPSA) is 99.1 Å². The number of carbonyl (C=O) groups is 2. The van der Waals surface area contributed by atoms with Gasteiger partial charge in [0.25, 0.3) is 11.8 Å². The van der Waals surface area contributed by atoms with E-state index in [2.05, 4.69) is 5.32 Å². The third-order valence-electron chi connectivity index (χ3n) is 6.25. The normalized spacial score (nSPS) is 24.8. The molecule has 34 heavy (non-hydrogen) atoms. The lowest BCUT2D eigenvalue weighted by Crippen LogP contribution is -2.29. The van der Waals surface area contributed by atoms with Gasteiger partial charge in [0.2, 0.25) is 0 Å². The number of amides is 2. The molecule has 0 unspecified atom stereocenters. The molecule has 0 bridgehead atoms. The van der Waals surface area contributed by atoms with Crippen molar-refractivity contribution in [3.8, 4) is 0 Å². The number of hydrogen-bond donors (Lipinski definition) is 3. The number of rotatable bonds is 2. The Hall–Kier alpha value is -3.49. The largest absolute Gasteiger partial charge is 0.482 e. The number of allylic oxidation sites excluding steroid dienone is 1. The van der Waals surface area contributed by atoms with Gasteiger partial charge < -0.3 is 25.2 Å². The summed E-state index contributed by atoms with van der Waals surface area (Å²) in [6, 6.07) is 11.1. The highest BCUT2D eigenvalue weighted by Crippen LogP contribution is 2.44. The van der Waals surface area contributed by atoms with Crippen LogP contribution in [-0.4, -0.2) is 57.8 Å². The number of nitrogens with one attached hydrogen (secondary N) is 1. The molecular weight excluding hydrogens is 439 g/mol. The minimum absolute atomic E-state index is 0. The molecule has 0 spiro atoms. The van der Waals surface area contributed by atoms with E-state index in [9.17, 15) is 24.2 Å². The summed E-state index contributed by atoms with van der Waals surface area (Å²) in [5.74, 6) is -0.702. The number of anilines is 1. The summed E-state index contributed by atoms with van der Waals surface area (Å²) in [6.45, 7) is 3.93. The van der Waals surface area contributed by atoms with E-state index in [1.807, 2.05) is 13.8 Å². The van der Waals surface area contributed by atoms with Crippen LogP contribution in [0, 0.1) is 5.82 Å². The Labute approximate surface area is 197 Å². The smallest absolute Gasteiger partial charge is 0.260 e. The SMILES string of the molecule is C.CC1(C)O/C(=C2/C(=O)Nc3ccc(F)cc32)C=C1c1ccc(C(=O)N2C[C@H](O)[C@@H](O)C2)cc1. The van der Waals surface area contributed by atoms with Gasteiger partial charge in [0.1, 0.15) is 17.2 Å². The van der Waals surface area contributed by atoms with Crippen molar-refractivity contribution < 1.29 is 28.9 Å². The number of nitrogens with zero attached hydrogens (tertiary/aromatic N) is 1. The maximum absolute atomic E-state index is 13.8. The minimum Gasteiger partial charge on any atom is -0.482 e. The van der Waals surface area contributed by atoms with Crippen LogP contribution in [-0.2, 0) is 9.53 Å². The second-order valence-corrected chi connectivity index (χ2v) is 8.98. The van der Waals surface area contributed by atoms with Crippen molar-refractivity contribution in [1.82, 2.24) is 4.90 Å². The van der Waals surface area contributed by atoms with Gasteiger partial charge in [-0.1, -0.05) is 19.6 Å². The summed E-state index contributed by atoms with van der Waals surface area (Å²) < 4.78 is 19.9. The van der Waals surface area contributed by atoms with Crippen LogP contribution in [0.25, 0.3) is 11.1 Å². The molecule has 2 atom stereocenters. The van der Waals surface area contributed by atoms with Crippen molar-refractivity contribution in [3.63, 3.8) is 0 Å². The van der Waals surface area contributed by atoms with Crippen LogP contribution in [0.4, 0.5) is 10.1 Å². The molecule has 3 heterocycles. The first kappa shape index (κ1) is 23.7. The van der Waals surface area contributed by atoms with E-state index in [1.165, 1.54) is 23.1 Å². The molecule has 3 N–H and O–H groups in total. The highest BCUT2D eigenvalue weighted by atomic mass is 19.1. The van der Waals surface area contributed by atoms with E-state index in [4.69, 9.17) is 4.74 Å². The Bertz CT molecular complexity index is 1220. The van der Waals surface area contributed by atoms with Gasteiger partial charge in [-0.3, -0.25) is 9.59 Å². The second kappa shape index (κ2) is 8.38. The summed E-state index contributed by atoms with van der Waals surface area (Å²) in [5, 5.41) is 22.1. The van der Waals surface area contributed by atoms with Gasteiger partial charge in [0.05, 0.1) is 17.8 Å². The number of likely N-dealkylation sites (tertiary alicyclic amines) is 1. The van der Waals surface area contributed by atoms with Crippen molar-refractivity contribution in [3.05, 3.63) is 76.8 Å². The third-order valence-corrected chi connectivity index (χ3v) is 6.25. The van der Waals surface area contributed by atoms with Crippen LogP contribution in [0.1, 0.15) is 42.8 Å². The van der Waals surface area contributed by atoms with Gasteiger partial charge in [-0.15, -0.1) is 0 Å². The summed E-state index contributed by atoms with van der Waals surface area (Å²) in [7, 11) is 0. The number of halogens is 1. The van der Waals surface area contributed by atoms with Gasteiger partial charge in [-0.05, 0) is 55.8 Å². The predicted molar refractivity (Wildman–Crippen MR) is 126 cm³/mol. The quantitative estimate of drug-likeness (QED) is 0.591. The number of aliphatic hydroxyl groups excluding tert-OH is 2. The van der Waals surface area contributed by atoms with Crippen LogP contribution in [0.3, 0.4) is 0 Å². The zero-order chi connectivity index (χ0) is 23.5. The number of carbonyl (C=O) groups excluding carboxylic acids is 2. The molecule has 2 amide bonds. The summed E-state index contributed by atoms with van der Waals surface area (Å²) in [6.07, 6.45) is -0.0980. The van der Waals surface area contributed by atoms with Crippen molar-refractivity contribution in [1.29, 1.82) is 0 Å². The van der Waals surface area contributed by atoms with Gasteiger partial charge >= 0.3 is 0 Å². The Balaban J connectivity index is 0.00000274. The molecular formula is C26H27FN2O5. The first-order chi connectivity index (χ1) is 15.6. The van der Waals surface area contributed by atoms with Crippen LogP contribution in [0.5, 0.6) is 0 Å². The fraction of sp³-hybridized carbons (Fsp3) is 0.308. The molecule has 5 rings (SSSR count).